The normalized spacial score (nSPS) is 10.7. The number of ether oxygens (including phenoxy) is 1. The zero-order valence-corrected chi connectivity index (χ0v) is 19.3. The maximum Gasteiger partial charge on any atom is 0.234 e. The van der Waals surface area contributed by atoms with Gasteiger partial charge in [-0.15, -0.1) is 10.2 Å². The van der Waals surface area contributed by atoms with E-state index in [0.29, 0.717) is 26.7 Å². The fraction of sp³-hybridized carbons (Fsp3) is 0.0870. The van der Waals surface area contributed by atoms with E-state index in [0.717, 1.165) is 17.0 Å². The quantitative estimate of drug-likeness (QED) is 0.326. The Kier molecular flexibility index (Phi) is 6.99. The number of anilines is 1. The molecule has 162 valence electrons. The number of hydrogen-bond donors (Lipinski definition) is 1. The lowest BCUT2D eigenvalue weighted by Crippen LogP contribution is -2.14. The summed E-state index contributed by atoms with van der Waals surface area (Å²) >= 11 is 13.3. The molecule has 1 heterocycles. The molecule has 3 aromatic carbocycles. The third kappa shape index (κ3) is 5.24. The van der Waals surface area contributed by atoms with E-state index in [2.05, 4.69) is 15.5 Å². The van der Waals surface area contributed by atoms with Crippen LogP contribution < -0.4 is 10.1 Å². The molecule has 0 aliphatic carbocycles. The molecule has 0 unspecified atom stereocenters. The molecule has 0 bridgehead atoms. The first-order chi connectivity index (χ1) is 15.5. The van der Waals surface area contributed by atoms with Gasteiger partial charge >= 0.3 is 0 Å². The van der Waals surface area contributed by atoms with Crippen LogP contribution in [0.3, 0.4) is 0 Å². The minimum Gasteiger partial charge on any atom is -0.497 e. The summed E-state index contributed by atoms with van der Waals surface area (Å²) in [5.41, 5.74) is 2.34. The van der Waals surface area contributed by atoms with Crippen LogP contribution in [0.1, 0.15) is 0 Å². The second-order valence-electron chi connectivity index (χ2n) is 6.69. The molecular weight excluding hydrogens is 467 g/mol. The maximum absolute atomic E-state index is 12.5. The molecule has 0 atom stereocenters. The molecule has 0 fully saturated rings. The number of nitrogens with one attached hydrogen (secondary N) is 1. The molecule has 4 aromatic rings. The van der Waals surface area contributed by atoms with Crippen molar-refractivity contribution >= 4 is 46.6 Å². The molecule has 0 radical (unpaired) electrons. The SMILES string of the molecule is COc1ccc(-n2c(SCC(=O)Nc3cccc(Cl)c3)nnc2-c2ccc(Cl)cc2)cc1. The van der Waals surface area contributed by atoms with E-state index >= 15 is 0 Å². The number of hydrogen-bond acceptors (Lipinski definition) is 5. The molecule has 4 rings (SSSR count). The van der Waals surface area contributed by atoms with E-state index in [1.165, 1.54) is 11.8 Å². The van der Waals surface area contributed by atoms with E-state index in [1.807, 2.05) is 41.0 Å². The number of rotatable bonds is 7. The largest absolute Gasteiger partial charge is 0.497 e. The molecule has 0 saturated carbocycles. The third-order valence-electron chi connectivity index (χ3n) is 4.51. The van der Waals surface area contributed by atoms with Crippen molar-refractivity contribution in [2.24, 2.45) is 0 Å². The number of carbonyl (C=O) groups is 1. The van der Waals surface area contributed by atoms with Gasteiger partial charge < -0.3 is 10.1 Å². The van der Waals surface area contributed by atoms with Gasteiger partial charge in [-0.2, -0.15) is 0 Å². The first kappa shape index (κ1) is 22.2. The molecule has 1 N–H and O–H groups in total. The molecule has 1 amide bonds. The fourth-order valence-electron chi connectivity index (χ4n) is 3.01. The summed E-state index contributed by atoms with van der Waals surface area (Å²) in [5, 5.41) is 13.3. The van der Waals surface area contributed by atoms with Crippen LogP contribution in [-0.4, -0.2) is 33.5 Å². The fourth-order valence-corrected chi connectivity index (χ4v) is 4.07. The van der Waals surface area contributed by atoms with Crippen LogP contribution in [-0.2, 0) is 4.79 Å². The average molecular weight is 485 g/mol. The highest BCUT2D eigenvalue weighted by Crippen LogP contribution is 2.29. The zero-order chi connectivity index (χ0) is 22.5. The molecule has 0 saturated heterocycles. The van der Waals surface area contributed by atoms with Gasteiger partial charge in [0.1, 0.15) is 5.75 Å². The Morgan fingerprint density at radius 1 is 1.00 bits per heavy atom. The first-order valence-corrected chi connectivity index (χ1v) is 11.3. The lowest BCUT2D eigenvalue weighted by Gasteiger charge is -2.11. The predicted molar refractivity (Wildman–Crippen MR) is 129 cm³/mol. The van der Waals surface area contributed by atoms with Crippen LogP contribution in [0.25, 0.3) is 17.1 Å². The Morgan fingerprint density at radius 2 is 1.75 bits per heavy atom. The van der Waals surface area contributed by atoms with Gasteiger partial charge in [0.2, 0.25) is 5.91 Å². The number of carbonyl (C=O) groups excluding carboxylic acids is 1. The first-order valence-electron chi connectivity index (χ1n) is 9.57. The van der Waals surface area contributed by atoms with Crippen LogP contribution >= 0.6 is 35.0 Å². The molecule has 6 nitrogen and oxygen atoms in total. The lowest BCUT2D eigenvalue weighted by atomic mass is 10.2. The van der Waals surface area contributed by atoms with E-state index in [1.54, 1.807) is 43.5 Å². The Hall–Kier alpha value is -3.00. The monoisotopic (exact) mass is 484 g/mol. The second-order valence-corrected chi connectivity index (χ2v) is 8.51. The summed E-state index contributed by atoms with van der Waals surface area (Å²) in [6.45, 7) is 0. The minimum atomic E-state index is -0.172. The van der Waals surface area contributed by atoms with Gasteiger partial charge in [-0.3, -0.25) is 9.36 Å². The summed E-state index contributed by atoms with van der Waals surface area (Å²) in [7, 11) is 1.62. The Morgan fingerprint density at radius 3 is 2.44 bits per heavy atom. The van der Waals surface area contributed by atoms with Gasteiger partial charge in [-0.25, -0.2) is 0 Å². The van der Waals surface area contributed by atoms with Crippen LogP contribution in [0.5, 0.6) is 5.75 Å². The lowest BCUT2D eigenvalue weighted by molar-refractivity contribution is -0.113. The number of nitrogens with zero attached hydrogens (tertiary/aromatic N) is 3. The van der Waals surface area contributed by atoms with E-state index in [9.17, 15) is 4.79 Å². The van der Waals surface area contributed by atoms with Crippen molar-refractivity contribution in [3.63, 3.8) is 0 Å². The van der Waals surface area contributed by atoms with Crippen LogP contribution in [0.2, 0.25) is 10.0 Å². The summed E-state index contributed by atoms with van der Waals surface area (Å²) in [6.07, 6.45) is 0. The van der Waals surface area contributed by atoms with Crippen molar-refractivity contribution < 1.29 is 9.53 Å². The highest BCUT2D eigenvalue weighted by Gasteiger charge is 2.17. The zero-order valence-electron chi connectivity index (χ0n) is 17.0. The van der Waals surface area contributed by atoms with Crippen LogP contribution in [0.15, 0.2) is 78.0 Å². The topological polar surface area (TPSA) is 69.0 Å². The number of benzene rings is 3. The van der Waals surface area contributed by atoms with Crippen LogP contribution in [0.4, 0.5) is 5.69 Å². The van der Waals surface area contributed by atoms with Crippen LogP contribution in [0, 0.1) is 0 Å². The smallest absolute Gasteiger partial charge is 0.234 e. The van der Waals surface area contributed by atoms with Gasteiger partial charge in [-0.1, -0.05) is 41.0 Å². The average Bonchev–Trinajstić information content (AvgIpc) is 3.22. The summed E-state index contributed by atoms with van der Waals surface area (Å²) < 4.78 is 7.17. The highest BCUT2D eigenvalue weighted by molar-refractivity contribution is 7.99. The standard InChI is InChI=1S/C23H18Cl2N4O2S/c1-31-20-11-9-19(10-12-20)29-22(15-5-7-16(24)8-6-15)27-28-23(29)32-14-21(30)26-18-4-2-3-17(25)13-18/h2-13H,14H2,1H3,(H,26,30). The summed E-state index contributed by atoms with van der Waals surface area (Å²) in [5.74, 6) is 1.37. The molecule has 32 heavy (non-hydrogen) atoms. The summed E-state index contributed by atoms with van der Waals surface area (Å²) in [4.78, 5) is 12.5. The van der Waals surface area contributed by atoms with Crippen molar-refractivity contribution in [3.8, 4) is 22.8 Å². The number of aromatic nitrogens is 3. The molecule has 0 spiro atoms. The van der Waals surface area contributed by atoms with E-state index in [4.69, 9.17) is 27.9 Å². The van der Waals surface area contributed by atoms with Crippen molar-refractivity contribution in [3.05, 3.63) is 82.8 Å². The van der Waals surface area contributed by atoms with Crippen molar-refractivity contribution in [2.75, 3.05) is 18.2 Å². The second kappa shape index (κ2) is 10.1. The number of thioether (sulfide) groups is 1. The van der Waals surface area contributed by atoms with Gasteiger partial charge in [-0.05, 0) is 66.7 Å². The Balaban J connectivity index is 1.61. The van der Waals surface area contributed by atoms with Crippen molar-refractivity contribution in [1.29, 1.82) is 0 Å². The Bertz CT molecular complexity index is 1230. The van der Waals surface area contributed by atoms with Crippen molar-refractivity contribution in [2.45, 2.75) is 5.16 Å². The van der Waals surface area contributed by atoms with Gasteiger partial charge in [0.05, 0.1) is 12.9 Å². The number of amides is 1. The van der Waals surface area contributed by atoms with Gasteiger partial charge in [0, 0.05) is 27.0 Å². The molecule has 9 heteroatoms. The Labute approximate surface area is 199 Å². The molecular formula is C23H18Cl2N4O2S. The van der Waals surface area contributed by atoms with Gasteiger partial charge in [0.15, 0.2) is 11.0 Å². The van der Waals surface area contributed by atoms with E-state index in [-0.39, 0.29) is 11.7 Å². The third-order valence-corrected chi connectivity index (χ3v) is 5.92. The van der Waals surface area contributed by atoms with Gasteiger partial charge in [0.25, 0.3) is 0 Å². The number of halogens is 2. The number of methoxy groups -OCH3 is 1. The maximum atomic E-state index is 12.5. The minimum absolute atomic E-state index is 0.154. The summed E-state index contributed by atoms with van der Waals surface area (Å²) in [6, 6.07) is 21.9. The van der Waals surface area contributed by atoms with Crippen molar-refractivity contribution in [1.82, 2.24) is 14.8 Å². The molecule has 0 aliphatic heterocycles. The van der Waals surface area contributed by atoms with E-state index < -0.39 is 0 Å². The molecule has 0 aliphatic rings. The predicted octanol–water partition coefficient (Wildman–Crippen LogP) is 5.98. The highest BCUT2D eigenvalue weighted by atomic mass is 35.5. The molecule has 1 aromatic heterocycles.